The summed E-state index contributed by atoms with van der Waals surface area (Å²) in [6.45, 7) is 8.30. The molecule has 6 heteroatoms. The minimum absolute atomic E-state index is 0.0533. The smallest absolute Gasteiger partial charge is 0.225 e. The first-order chi connectivity index (χ1) is 15.2. The Labute approximate surface area is 193 Å². The second-order valence-electron chi connectivity index (χ2n) is 11.5. The highest BCUT2D eigenvalue weighted by molar-refractivity contribution is 6.29. The highest BCUT2D eigenvalue weighted by Crippen LogP contribution is 2.42. The first kappa shape index (κ1) is 23.5. The SMILES string of the molecule is C[C@H](CC1CCCCC1)C(=O)N1CCC(O)(CN2C=C(C3CC3)N=C(C=O)C2)C(C)(C)C1. The number of nitrogens with zero attached hydrogens (tertiary/aromatic N) is 3. The fraction of sp³-hybridized carbons (Fsp3) is 0.808. The summed E-state index contributed by atoms with van der Waals surface area (Å²) in [5.41, 5.74) is 0.158. The van der Waals surface area contributed by atoms with E-state index in [-0.39, 0.29) is 11.8 Å². The molecule has 6 nitrogen and oxygen atoms in total. The van der Waals surface area contributed by atoms with Crippen molar-refractivity contribution >= 4 is 17.9 Å². The first-order valence-corrected chi connectivity index (χ1v) is 12.7. The summed E-state index contributed by atoms with van der Waals surface area (Å²) in [5, 5.41) is 11.7. The fourth-order valence-corrected chi connectivity index (χ4v) is 5.93. The van der Waals surface area contributed by atoms with Crippen LogP contribution in [0.2, 0.25) is 0 Å². The molecule has 4 rings (SSSR count). The Kier molecular flexibility index (Phi) is 6.81. The number of rotatable bonds is 7. The van der Waals surface area contributed by atoms with Crippen molar-refractivity contribution in [2.75, 3.05) is 26.2 Å². The molecule has 1 N–H and O–H groups in total. The van der Waals surface area contributed by atoms with Crippen LogP contribution in [0.1, 0.15) is 78.6 Å². The van der Waals surface area contributed by atoms with Crippen LogP contribution in [-0.2, 0) is 9.59 Å². The van der Waals surface area contributed by atoms with Crippen LogP contribution in [0.4, 0.5) is 0 Å². The highest BCUT2D eigenvalue weighted by Gasteiger charge is 2.50. The molecular formula is C26H41N3O3. The Morgan fingerprint density at radius 3 is 2.59 bits per heavy atom. The third-order valence-electron chi connectivity index (χ3n) is 8.34. The number of aliphatic hydroxyl groups is 1. The molecule has 0 aromatic rings. The zero-order chi connectivity index (χ0) is 22.9. The molecule has 4 aliphatic rings. The molecule has 0 spiro atoms. The number of carbonyl (C=O) groups excluding carboxylic acids is 2. The summed E-state index contributed by atoms with van der Waals surface area (Å²) in [5.74, 6) is 1.45. The number of hydrogen-bond acceptors (Lipinski definition) is 5. The Balaban J connectivity index is 1.38. The van der Waals surface area contributed by atoms with Gasteiger partial charge in [-0.3, -0.25) is 14.6 Å². The molecule has 0 aromatic carbocycles. The minimum Gasteiger partial charge on any atom is -0.387 e. The number of β-amino-alcohol motifs (C(OH)–C–C–N with tert-alkyl or cyclic N) is 1. The van der Waals surface area contributed by atoms with Crippen molar-refractivity contribution < 1.29 is 14.7 Å². The van der Waals surface area contributed by atoms with E-state index in [1.165, 1.54) is 32.1 Å². The van der Waals surface area contributed by atoms with E-state index in [2.05, 4.69) is 30.7 Å². The molecule has 1 amide bonds. The van der Waals surface area contributed by atoms with Gasteiger partial charge in [0.25, 0.3) is 0 Å². The average molecular weight is 444 g/mol. The van der Waals surface area contributed by atoms with Crippen LogP contribution in [0.5, 0.6) is 0 Å². The summed E-state index contributed by atoms with van der Waals surface area (Å²) < 4.78 is 0. The molecule has 32 heavy (non-hydrogen) atoms. The first-order valence-electron chi connectivity index (χ1n) is 12.7. The molecule has 0 radical (unpaired) electrons. The molecule has 1 saturated heterocycles. The summed E-state index contributed by atoms with van der Waals surface area (Å²) in [7, 11) is 0. The van der Waals surface area contributed by atoms with Crippen molar-refractivity contribution in [3.8, 4) is 0 Å². The van der Waals surface area contributed by atoms with Gasteiger partial charge in [0.2, 0.25) is 5.91 Å². The number of piperidine rings is 1. The van der Waals surface area contributed by atoms with Crippen LogP contribution in [0.15, 0.2) is 16.9 Å². The van der Waals surface area contributed by atoms with E-state index in [4.69, 9.17) is 0 Å². The van der Waals surface area contributed by atoms with E-state index in [0.29, 0.717) is 50.1 Å². The third kappa shape index (κ3) is 5.11. The number of hydrogen-bond donors (Lipinski definition) is 1. The topological polar surface area (TPSA) is 73.2 Å². The van der Waals surface area contributed by atoms with Gasteiger partial charge < -0.3 is 14.9 Å². The monoisotopic (exact) mass is 443 g/mol. The van der Waals surface area contributed by atoms with Crippen LogP contribution in [0.3, 0.4) is 0 Å². The van der Waals surface area contributed by atoms with Crippen molar-refractivity contribution in [3.63, 3.8) is 0 Å². The molecule has 2 atom stereocenters. The maximum absolute atomic E-state index is 13.2. The standard InChI is InChI=1S/C26H41N3O3/c1-19(13-20-7-5-4-6-8-20)24(31)29-12-11-26(32,25(2,3)17-29)18-28-14-22(16-30)27-23(15-28)21-9-10-21/h15-16,19-21,32H,4-14,17-18H2,1-3H3/t19-,26?/m1/s1. The van der Waals surface area contributed by atoms with Gasteiger partial charge >= 0.3 is 0 Å². The zero-order valence-corrected chi connectivity index (χ0v) is 20.2. The largest absolute Gasteiger partial charge is 0.387 e. The number of amides is 1. The minimum atomic E-state index is -0.924. The van der Waals surface area contributed by atoms with Crippen LogP contribution in [-0.4, -0.2) is 64.6 Å². The molecule has 2 aliphatic carbocycles. The molecular weight excluding hydrogens is 402 g/mol. The lowest BCUT2D eigenvalue weighted by atomic mass is 9.69. The Bertz CT molecular complexity index is 779. The van der Waals surface area contributed by atoms with Gasteiger partial charge in [0.15, 0.2) is 6.29 Å². The average Bonchev–Trinajstić information content (AvgIpc) is 3.61. The van der Waals surface area contributed by atoms with E-state index in [1.807, 2.05) is 11.1 Å². The van der Waals surface area contributed by atoms with E-state index in [0.717, 1.165) is 31.2 Å². The molecule has 2 heterocycles. The third-order valence-corrected chi connectivity index (χ3v) is 8.34. The van der Waals surface area contributed by atoms with Gasteiger partial charge in [0.1, 0.15) is 0 Å². The van der Waals surface area contributed by atoms with Gasteiger partial charge in [0.05, 0.1) is 23.6 Å². The maximum atomic E-state index is 13.2. The van der Waals surface area contributed by atoms with Gasteiger partial charge in [0, 0.05) is 43.1 Å². The molecule has 3 fully saturated rings. The summed E-state index contributed by atoms with van der Waals surface area (Å²) in [4.78, 5) is 33.2. The molecule has 1 unspecified atom stereocenters. The molecule has 2 saturated carbocycles. The molecule has 0 bridgehead atoms. The van der Waals surface area contributed by atoms with Gasteiger partial charge in [-0.05, 0) is 31.6 Å². The highest BCUT2D eigenvalue weighted by atomic mass is 16.3. The molecule has 0 aromatic heterocycles. The zero-order valence-electron chi connectivity index (χ0n) is 20.2. The predicted molar refractivity (Wildman–Crippen MR) is 126 cm³/mol. The van der Waals surface area contributed by atoms with Crippen molar-refractivity contribution in [1.82, 2.24) is 9.80 Å². The lowest BCUT2D eigenvalue weighted by Gasteiger charge is -2.52. The summed E-state index contributed by atoms with van der Waals surface area (Å²) in [6, 6.07) is 0. The number of likely N-dealkylation sites (tertiary alicyclic amines) is 1. The lowest BCUT2D eigenvalue weighted by Crippen LogP contribution is -2.63. The molecule has 178 valence electrons. The Morgan fingerprint density at radius 2 is 1.97 bits per heavy atom. The lowest BCUT2D eigenvalue weighted by molar-refractivity contribution is -0.156. The van der Waals surface area contributed by atoms with Crippen molar-refractivity contribution in [3.05, 3.63) is 11.9 Å². The Hall–Kier alpha value is -1.69. The van der Waals surface area contributed by atoms with Gasteiger partial charge in [-0.25, -0.2) is 0 Å². The van der Waals surface area contributed by atoms with E-state index in [9.17, 15) is 14.7 Å². The van der Waals surface area contributed by atoms with E-state index in [1.54, 1.807) is 0 Å². The second kappa shape index (κ2) is 9.28. The van der Waals surface area contributed by atoms with E-state index >= 15 is 0 Å². The van der Waals surface area contributed by atoms with Crippen LogP contribution < -0.4 is 0 Å². The van der Waals surface area contributed by atoms with Crippen LogP contribution in [0, 0.1) is 23.2 Å². The Morgan fingerprint density at radius 1 is 1.25 bits per heavy atom. The van der Waals surface area contributed by atoms with Crippen molar-refractivity contribution in [1.29, 1.82) is 0 Å². The quantitative estimate of drug-likeness (QED) is 0.608. The van der Waals surface area contributed by atoms with Crippen molar-refractivity contribution in [2.45, 2.75) is 84.2 Å². The van der Waals surface area contributed by atoms with Gasteiger partial charge in [-0.2, -0.15) is 0 Å². The molecule has 2 aliphatic heterocycles. The number of carbonyl (C=O) groups is 2. The number of aliphatic imine (C=N–C) groups is 1. The normalized spacial score (nSPS) is 29.9. The number of allylic oxidation sites excluding steroid dienone is 1. The van der Waals surface area contributed by atoms with Gasteiger partial charge in [-0.15, -0.1) is 0 Å². The van der Waals surface area contributed by atoms with Gasteiger partial charge in [-0.1, -0.05) is 52.9 Å². The number of aldehydes is 1. The second-order valence-corrected chi connectivity index (χ2v) is 11.5. The summed E-state index contributed by atoms with van der Waals surface area (Å²) in [6.07, 6.45) is 13.2. The van der Waals surface area contributed by atoms with Crippen LogP contribution >= 0.6 is 0 Å². The fourth-order valence-electron chi connectivity index (χ4n) is 5.93. The van der Waals surface area contributed by atoms with E-state index < -0.39 is 11.0 Å². The summed E-state index contributed by atoms with van der Waals surface area (Å²) >= 11 is 0. The van der Waals surface area contributed by atoms with Crippen molar-refractivity contribution in [2.24, 2.45) is 28.2 Å². The maximum Gasteiger partial charge on any atom is 0.225 e. The predicted octanol–water partition coefficient (Wildman–Crippen LogP) is 3.79. The van der Waals surface area contributed by atoms with Crippen LogP contribution in [0.25, 0.3) is 0 Å².